The Morgan fingerprint density at radius 3 is 2.50 bits per heavy atom. The molecule has 2 amide bonds. The van der Waals surface area contributed by atoms with Crippen molar-refractivity contribution < 1.29 is 23.8 Å². The lowest BCUT2D eigenvalue weighted by molar-refractivity contribution is -0.120. The van der Waals surface area contributed by atoms with Crippen molar-refractivity contribution >= 4 is 17.5 Å². The van der Waals surface area contributed by atoms with Crippen LogP contribution in [0.1, 0.15) is 50.3 Å². The number of nitrogens with one attached hydrogen (secondary N) is 3. The van der Waals surface area contributed by atoms with E-state index < -0.39 is 6.04 Å². The van der Waals surface area contributed by atoms with Crippen LogP contribution in [0.3, 0.4) is 0 Å². The average molecular weight is 553 g/mol. The minimum atomic E-state index is -0.397. The van der Waals surface area contributed by atoms with Crippen LogP contribution in [0.4, 0.5) is 5.69 Å². The van der Waals surface area contributed by atoms with Gasteiger partial charge in [0, 0.05) is 25.1 Å². The van der Waals surface area contributed by atoms with E-state index in [-0.39, 0.29) is 23.8 Å². The number of carbonyl (C=O) groups is 2. The maximum Gasteiger partial charge on any atom is 0.239 e. The van der Waals surface area contributed by atoms with Gasteiger partial charge in [0.25, 0.3) is 0 Å². The molecule has 2 atom stereocenters. The Morgan fingerprint density at radius 1 is 1.05 bits per heavy atom. The number of hydrogen-bond donors (Lipinski definition) is 3. The molecule has 2 aromatic rings. The molecule has 1 heterocycles. The zero-order valence-corrected chi connectivity index (χ0v) is 24.0. The van der Waals surface area contributed by atoms with E-state index in [0.717, 1.165) is 42.6 Å². The number of carbonyl (C=O) groups excluding carboxylic acids is 2. The molecule has 10 nitrogen and oxygen atoms in total. The minimum Gasteiger partial charge on any atom is -0.493 e. The van der Waals surface area contributed by atoms with Crippen LogP contribution >= 0.6 is 0 Å². The Morgan fingerprint density at radius 2 is 1.82 bits per heavy atom. The van der Waals surface area contributed by atoms with E-state index >= 15 is 0 Å². The summed E-state index contributed by atoms with van der Waals surface area (Å²) < 4.78 is 17.0. The van der Waals surface area contributed by atoms with Gasteiger partial charge in [-0.1, -0.05) is 13.0 Å². The third kappa shape index (κ3) is 6.17. The Hall–Kier alpha value is -3.79. The average Bonchev–Trinajstić information content (AvgIpc) is 3.28. The van der Waals surface area contributed by atoms with Crippen molar-refractivity contribution in [3.63, 3.8) is 0 Å². The van der Waals surface area contributed by atoms with Crippen molar-refractivity contribution in [2.45, 2.75) is 51.6 Å². The van der Waals surface area contributed by atoms with Gasteiger partial charge in [0.2, 0.25) is 23.0 Å². The number of fused-ring (bicyclic) bond motifs is 3. The first-order chi connectivity index (χ1) is 19.3. The number of rotatable bonds is 10. The van der Waals surface area contributed by atoms with Crippen LogP contribution in [-0.2, 0) is 16.0 Å². The molecule has 0 spiro atoms. The molecular formula is C30H40N4O6. The van der Waals surface area contributed by atoms with E-state index in [1.54, 1.807) is 33.5 Å². The maximum atomic E-state index is 13.4. The lowest BCUT2D eigenvalue weighted by Gasteiger charge is -2.22. The first-order valence-electron chi connectivity index (χ1n) is 13.8. The summed E-state index contributed by atoms with van der Waals surface area (Å²) in [5, 5.41) is 9.01. The first-order valence-corrected chi connectivity index (χ1v) is 13.8. The molecule has 0 saturated carbocycles. The highest BCUT2D eigenvalue weighted by molar-refractivity contribution is 5.84. The lowest BCUT2D eigenvalue weighted by Crippen LogP contribution is -2.41. The smallest absolute Gasteiger partial charge is 0.239 e. The molecule has 40 heavy (non-hydrogen) atoms. The SMILES string of the molecule is CCN1CCC[C@H]1CNC(=O)CNc1ccc2c(cc1=O)[C@@H](NC(C)=O)CCc1cc(OC)c(OC)c(OC)c1-2. The summed E-state index contributed by atoms with van der Waals surface area (Å²) in [7, 11) is 4.68. The number of anilines is 1. The van der Waals surface area contributed by atoms with Crippen LogP contribution in [0.5, 0.6) is 17.2 Å². The van der Waals surface area contributed by atoms with E-state index in [2.05, 4.69) is 27.8 Å². The molecule has 0 radical (unpaired) electrons. The number of likely N-dealkylation sites (N-methyl/N-ethyl adjacent to an activating group) is 1. The molecule has 0 unspecified atom stereocenters. The van der Waals surface area contributed by atoms with E-state index in [1.807, 2.05) is 12.1 Å². The van der Waals surface area contributed by atoms with Crippen LogP contribution in [0.15, 0.2) is 29.1 Å². The molecule has 2 aliphatic rings. The van der Waals surface area contributed by atoms with Gasteiger partial charge in [0.1, 0.15) is 0 Å². The van der Waals surface area contributed by atoms with Gasteiger partial charge in [-0.15, -0.1) is 0 Å². The van der Waals surface area contributed by atoms with Crippen LogP contribution in [0.25, 0.3) is 11.1 Å². The molecular weight excluding hydrogens is 512 g/mol. The number of ether oxygens (including phenoxy) is 3. The highest BCUT2D eigenvalue weighted by atomic mass is 16.5. The number of methoxy groups -OCH3 is 3. The van der Waals surface area contributed by atoms with Crippen molar-refractivity contribution in [3.8, 4) is 28.4 Å². The van der Waals surface area contributed by atoms with Gasteiger partial charge in [0.05, 0.1) is 39.6 Å². The molecule has 3 N–H and O–H groups in total. The minimum absolute atomic E-state index is 0.0250. The van der Waals surface area contributed by atoms with Crippen molar-refractivity contribution in [1.29, 1.82) is 0 Å². The Kier molecular flexibility index (Phi) is 9.52. The summed E-state index contributed by atoms with van der Waals surface area (Å²) in [5.41, 5.74) is 3.15. The van der Waals surface area contributed by atoms with Gasteiger partial charge in [-0.2, -0.15) is 0 Å². The molecule has 2 aromatic carbocycles. The van der Waals surface area contributed by atoms with Crippen LogP contribution in [-0.4, -0.2) is 70.3 Å². The molecule has 0 bridgehead atoms. The van der Waals surface area contributed by atoms with E-state index in [0.29, 0.717) is 53.9 Å². The maximum absolute atomic E-state index is 13.4. The van der Waals surface area contributed by atoms with Gasteiger partial charge in [-0.3, -0.25) is 19.3 Å². The fourth-order valence-corrected chi connectivity index (χ4v) is 5.87. The highest BCUT2D eigenvalue weighted by Crippen LogP contribution is 2.50. The first kappa shape index (κ1) is 29.2. The molecule has 1 aliphatic carbocycles. The second-order valence-corrected chi connectivity index (χ2v) is 10.2. The fourth-order valence-electron chi connectivity index (χ4n) is 5.87. The quantitative estimate of drug-likeness (QED) is 0.412. The molecule has 10 heteroatoms. The van der Waals surface area contributed by atoms with Gasteiger partial charge in [0.15, 0.2) is 11.5 Å². The van der Waals surface area contributed by atoms with Crippen LogP contribution in [0.2, 0.25) is 0 Å². The summed E-state index contributed by atoms with van der Waals surface area (Å²) in [5.74, 6) is 1.11. The van der Waals surface area contributed by atoms with E-state index in [4.69, 9.17) is 14.2 Å². The predicted molar refractivity (Wildman–Crippen MR) is 154 cm³/mol. The molecule has 1 saturated heterocycles. The monoisotopic (exact) mass is 552 g/mol. The topological polar surface area (TPSA) is 118 Å². The van der Waals surface area contributed by atoms with Crippen molar-refractivity contribution in [1.82, 2.24) is 15.5 Å². The normalized spacial score (nSPS) is 18.1. The summed E-state index contributed by atoms with van der Waals surface area (Å²) in [4.78, 5) is 40.5. The molecule has 4 rings (SSSR count). The third-order valence-electron chi connectivity index (χ3n) is 7.80. The number of hydrogen-bond acceptors (Lipinski definition) is 8. The van der Waals surface area contributed by atoms with Gasteiger partial charge in [-0.25, -0.2) is 0 Å². The van der Waals surface area contributed by atoms with Crippen molar-refractivity contribution in [2.24, 2.45) is 0 Å². The van der Waals surface area contributed by atoms with Crippen molar-refractivity contribution in [2.75, 3.05) is 52.8 Å². The van der Waals surface area contributed by atoms with E-state index in [9.17, 15) is 14.4 Å². The zero-order valence-electron chi connectivity index (χ0n) is 24.0. The molecule has 0 aromatic heterocycles. The summed E-state index contributed by atoms with van der Waals surface area (Å²) in [6.07, 6.45) is 3.40. The fraction of sp³-hybridized carbons (Fsp3) is 0.500. The number of amides is 2. The third-order valence-corrected chi connectivity index (χ3v) is 7.80. The second-order valence-electron chi connectivity index (χ2n) is 10.2. The molecule has 1 aliphatic heterocycles. The highest BCUT2D eigenvalue weighted by Gasteiger charge is 2.29. The van der Waals surface area contributed by atoms with Crippen molar-refractivity contribution in [3.05, 3.63) is 45.6 Å². The summed E-state index contributed by atoms with van der Waals surface area (Å²) in [6, 6.07) is 6.92. The van der Waals surface area contributed by atoms with E-state index in [1.165, 1.54) is 6.92 Å². The Labute approximate surface area is 235 Å². The second kappa shape index (κ2) is 13.0. The Balaban J connectivity index is 1.68. The largest absolute Gasteiger partial charge is 0.493 e. The molecule has 216 valence electrons. The predicted octanol–water partition coefficient (Wildman–Crippen LogP) is 2.88. The number of benzene rings is 1. The summed E-state index contributed by atoms with van der Waals surface area (Å²) in [6.45, 7) is 6.19. The summed E-state index contributed by atoms with van der Waals surface area (Å²) >= 11 is 0. The Bertz CT molecular complexity index is 1310. The van der Waals surface area contributed by atoms with Gasteiger partial charge in [-0.05, 0) is 73.7 Å². The molecule has 1 fully saturated rings. The number of nitrogens with zero attached hydrogens (tertiary/aromatic N) is 1. The van der Waals surface area contributed by atoms with Crippen LogP contribution < -0.4 is 35.6 Å². The zero-order chi connectivity index (χ0) is 28.8. The number of aryl methyl sites for hydroxylation is 1. The van der Waals surface area contributed by atoms with Crippen LogP contribution in [0, 0.1) is 0 Å². The van der Waals surface area contributed by atoms with Gasteiger partial charge < -0.3 is 30.2 Å². The number of likely N-dealkylation sites (tertiary alicyclic amines) is 1. The lowest BCUT2D eigenvalue weighted by atomic mass is 9.95. The van der Waals surface area contributed by atoms with Gasteiger partial charge >= 0.3 is 0 Å². The standard InChI is InChI=1S/C30H40N4O6/c1-6-34-13-7-8-20(34)16-32-27(37)17-31-24-12-10-21-22(15-25(24)36)23(33-18(2)35)11-9-19-14-26(38-3)29(39-4)30(40-5)28(19)21/h10,12,14-15,20,23H,6-9,11,13,16-17H2,1-5H3,(H,31,36)(H,32,37)(H,33,35)/t20-,23-/m0/s1.